The summed E-state index contributed by atoms with van der Waals surface area (Å²) in [5, 5.41) is 5.42. The summed E-state index contributed by atoms with van der Waals surface area (Å²) < 4.78 is 12.1. The number of nitrogens with zero attached hydrogens (tertiary/aromatic N) is 4. The molecule has 0 N–H and O–H groups in total. The van der Waals surface area contributed by atoms with Crippen molar-refractivity contribution in [2.75, 3.05) is 31.6 Å². The molecule has 0 spiro atoms. The van der Waals surface area contributed by atoms with Gasteiger partial charge in [0.15, 0.2) is 0 Å². The number of methoxy groups -OCH3 is 1. The second-order valence-corrected chi connectivity index (χ2v) is 8.67. The van der Waals surface area contributed by atoms with E-state index in [2.05, 4.69) is 16.9 Å². The molecule has 1 fully saturated rings. The number of benzene rings is 1. The van der Waals surface area contributed by atoms with Crippen LogP contribution in [0.25, 0.3) is 10.9 Å². The minimum atomic E-state index is -0.489. The molecular weight excluding hydrogens is 384 g/mol. The van der Waals surface area contributed by atoms with E-state index in [1.165, 1.54) is 7.11 Å². The van der Waals surface area contributed by atoms with Gasteiger partial charge in [0.2, 0.25) is 0 Å². The van der Waals surface area contributed by atoms with E-state index in [-0.39, 0.29) is 12.1 Å². The number of amides is 1. The molecule has 30 heavy (non-hydrogen) atoms. The molecule has 8 heteroatoms. The van der Waals surface area contributed by atoms with Gasteiger partial charge in [0.05, 0.1) is 12.7 Å². The van der Waals surface area contributed by atoms with Crippen LogP contribution in [-0.2, 0) is 16.5 Å². The van der Waals surface area contributed by atoms with Crippen LogP contribution in [0.15, 0.2) is 18.3 Å². The number of hydrogen-bond donors (Lipinski definition) is 0. The predicted molar refractivity (Wildman–Crippen MR) is 116 cm³/mol. The van der Waals surface area contributed by atoms with Crippen LogP contribution in [-0.4, -0.2) is 65.1 Å². The molecule has 0 saturated carbocycles. The van der Waals surface area contributed by atoms with Crippen molar-refractivity contribution < 1.29 is 19.1 Å². The first-order chi connectivity index (χ1) is 14.1. The normalized spacial score (nSPS) is 15.3. The van der Waals surface area contributed by atoms with E-state index in [1.807, 2.05) is 40.1 Å². The third kappa shape index (κ3) is 4.52. The highest BCUT2D eigenvalue weighted by atomic mass is 16.6. The first-order valence-corrected chi connectivity index (χ1v) is 10.4. The van der Waals surface area contributed by atoms with Crippen LogP contribution in [0, 0.1) is 0 Å². The molecule has 1 aromatic heterocycles. The molecule has 2 heterocycles. The van der Waals surface area contributed by atoms with Crippen molar-refractivity contribution in [1.82, 2.24) is 14.7 Å². The van der Waals surface area contributed by atoms with Gasteiger partial charge < -0.3 is 19.3 Å². The lowest BCUT2D eigenvalue weighted by molar-refractivity contribution is 0.0204. The van der Waals surface area contributed by atoms with E-state index >= 15 is 0 Å². The van der Waals surface area contributed by atoms with Crippen LogP contribution in [0.4, 0.5) is 10.5 Å². The predicted octanol–water partition coefficient (Wildman–Crippen LogP) is 3.59. The van der Waals surface area contributed by atoms with Gasteiger partial charge >= 0.3 is 12.1 Å². The number of fused-ring (bicyclic) bond motifs is 1. The molecule has 1 amide bonds. The van der Waals surface area contributed by atoms with Crippen LogP contribution in [0.2, 0.25) is 0 Å². The first kappa shape index (κ1) is 21.9. The summed E-state index contributed by atoms with van der Waals surface area (Å²) in [6.45, 7) is 9.91. The van der Waals surface area contributed by atoms with Crippen molar-refractivity contribution in [2.24, 2.45) is 7.05 Å². The molecule has 0 bridgehead atoms. The Morgan fingerprint density at radius 2 is 1.90 bits per heavy atom. The van der Waals surface area contributed by atoms with Crippen molar-refractivity contribution in [3.05, 3.63) is 23.9 Å². The van der Waals surface area contributed by atoms with E-state index in [0.29, 0.717) is 30.2 Å². The number of piperidine rings is 1. The zero-order valence-corrected chi connectivity index (χ0v) is 18.8. The Hall–Kier alpha value is -2.77. The minimum Gasteiger partial charge on any atom is -0.465 e. The van der Waals surface area contributed by atoms with Gasteiger partial charge in [-0.3, -0.25) is 4.68 Å². The SMILES string of the molecule is CCN(c1ccc(C(=O)OC)c2nn(C)cc12)C1CCN(C(=O)OC(C)(C)C)CC1. The van der Waals surface area contributed by atoms with Gasteiger partial charge in [-0.25, -0.2) is 9.59 Å². The molecule has 1 aromatic carbocycles. The minimum absolute atomic E-state index is 0.249. The Morgan fingerprint density at radius 1 is 1.23 bits per heavy atom. The number of carbonyl (C=O) groups is 2. The van der Waals surface area contributed by atoms with Crippen molar-refractivity contribution in [3.63, 3.8) is 0 Å². The Kier molecular flexibility index (Phi) is 6.24. The zero-order valence-electron chi connectivity index (χ0n) is 18.8. The molecule has 0 unspecified atom stereocenters. The molecule has 3 rings (SSSR count). The lowest BCUT2D eigenvalue weighted by Gasteiger charge is -2.39. The molecule has 1 aliphatic heterocycles. The second kappa shape index (κ2) is 8.53. The fourth-order valence-electron chi connectivity index (χ4n) is 4.04. The summed E-state index contributed by atoms with van der Waals surface area (Å²) in [7, 11) is 3.22. The van der Waals surface area contributed by atoms with E-state index in [9.17, 15) is 9.59 Å². The number of rotatable bonds is 4. The van der Waals surface area contributed by atoms with Crippen LogP contribution in [0.1, 0.15) is 50.9 Å². The standard InChI is InChI=1S/C22H32N4O4/c1-7-26(15-10-12-25(13-11-15)21(28)30-22(2,3)4)18-9-8-16(20(27)29-6)19-17(18)14-24(5)23-19/h8-9,14-15H,7,10-13H2,1-6H3. The second-order valence-electron chi connectivity index (χ2n) is 8.67. The third-order valence-corrected chi connectivity index (χ3v) is 5.38. The van der Waals surface area contributed by atoms with Gasteiger partial charge in [0.25, 0.3) is 0 Å². The molecule has 0 aliphatic carbocycles. The average Bonchev–Trinajstić information content (AvgIpc) is 3.08. The number of ether oxygens (including phenoxy) is 2. The third-order valence-electron chi connectivity index (χ3n) is 5.38. The molecular formula is C22H32N4O4. The number of likely N-dealkylation sites (tertiary alicyclic amines) is 1. The highest BCUT2D eigenvalue weighted by Crippen LogP contribution is 2.32. The average molecular weight is 417 g/mol. The van der Waals surface area contributed by atoms with Crippen molar-refractivity contribution in [1.29, 1.82) is 0 Å². The van der Waals surface area contributed by atoms with Gasteiger partial charge in [0, 0.05) is 50.0 Å². The maximum Gasteiger partial charge on any atom is 0.410 e. The number of aromatic nitrogens is 2. The van der Waals surface area contributed by atoms with Crippen LogP contribution in [0.5, 0.6) is 0 Å². The van der Waals surface area contributed by atoms with E-state index in [0.717, 1.165) is 30.5 Å². The lowest BCUT2D eigenvalue weighted by Crippen LogP contribution is -2.48. The molecule has 1 saturated heterocycles. The van der Waals surface area contributed by atoms with Gasteiger partial charge in [-0.1, -0.05) is 0 Å². The number of hydrogen-bond acceptors (Lipinski definition) is 6. The maximum absolute atomic E-state index is 12.4. The number of esters is 1. The monoisotopic (exact) mass is 416 g/mol. The fourth-order valence-corrected chi connectivity index (χ4v) is 4.04. The Bertz CT molecular complexity index is 923. The summed E-state index contributed by atoms with van der Waals surface area (Å²) >= 11 is 0. The summed E-state index contributed by atoms with van der Waals surface area (Å²) in [5.41, 5.74) is 1.67. The molecule has 1 aliphatic rings. The summed E-state index contributed by atoms with van der Waals surface area (Å²) in [6, 6.07) is 4.05. The number of anilines is 1. The summed E-state index contributed by atoms with van der Waals surface area (Å²) in [5.74, 6) is -0.390. The van der Waals surface area contributed by atoms with E-state index in [1.54, 1.807) is 15.6 Å². The largest absolute Gasteiger partial charge is 0.465 e. The molecule has 0 radical (unpaired) electrons. The van der Waals surface area contributed by atoms with Crippen LogP contribution >= 0.6 is 0 Å². The van der Waals surface area contributed by atoms with Gasteiger partial charge in [-0.2, -0.15) is 5.10 Å². The van der Waals surface area contributed by atoms with Gasteiger partial charge in [-0.05, 0) is 52.7 Å². The lowest BCUT2D eigenvalue weighted by atomic mass is 10.0. The highest BCUT2D eigenvalue weighted by molar-refractivity contribution is 6.06. The van der Waals surface area contributed by atoms with Crippen LogP contribution in [0.3, 0.4) is 0 Å². The van der Waals surface area contributed by atoms with E-state index < -0.39 is 5.60 Å². The fraction of sp³-hybridized carbons (Fsp3) is 0.591. The smallest absolute Gasteiger partial charge is 0.410 e. The quantitative estimate of drug-likeness (QED) is 0.709. The Labute approximate surface area is 177 Å². The molecule has 164 valence electrons. The molecule has 2 aromatic rings. The number of carbonyl (C=O) groups excluding carboxylic acids is 2. The van der Waals surface area contributed by atoms with Crippen molar-refractivity contribution in [2.45, 2.75) is 52.2 Å². The Morgan fingerprint density at radius 3 is 2.47 bits per heavy atom. The zero-order chi connectivity index (χ0) is 22.1. The first-order valence-electron chi connectivity index (χ1n) is 10.4. The van der Waals surface area contributed by atoms with Crippen molar-refractivity contribution >= 4 is 28.7 Å². The summed E-state index contributed by atoms with van der Waals surface area (Å²) in [4.78, 5) is 28.7. The number of aryl methyl sites for hydroxylation is 1. The highest BCUT2D eigenvalue weighted by Gasteiger charge is 2.30. The van der Waals surface area contributed by atoms with Crippen molar-refractivity contribution in [3.8, 4) is 0 Å². The topological polar surface area (TPSA) is 76.9 Å². The molecule has 0 atom stereocenters. The van der Waals surface area contributed by atoms with Gasteiger partial charge in [0.1, 0.15) is 11.1 Å². The summed E-state index contributed by atoms with van der Waals surface area (Å²) in [6.07, 6.45) is 3.40. The van der Waals surface area contributed by atoms with E-state index in [4.69, 9.17) is 9.47 Å². The Balaban J connectivity index is 1.81. The van der Waals surface area contributed by atoms with Crippen LogP contribution < -0.4 is 4.90 Å². The molecule has 8 nitrogen and oxygen atoms in total. The maximum atomic E-state index is 12.4. The van der Waals surface area contributed by atoms with Gasteiger partial charge in [-0.15, -0.1) is 0 Å².